The number of hydrogen-bond acceptors (Lipinski definition) is 2. The fourth-order valence-corrected chi connectivity index (χ4v) is 3.72. The van der Waals surface area contributed by atoms with E-state index in [1.54, 1.807) is 0 Å². The van der Waals surface area contributed by atoms with Crippen LogP contribution in [0.4, 0.5) is 0 Å². The second-order valence-electron chi connectivity index (χ2n) is 5.34. The first-order valence-corrected chi connectivity index (χ1v) is 8.16. The fraction of sp³-hybridized carbons (Fsp3) is 0.600. The van der Waals surface area contributed by atoms with Gasteiger partial charge in [0.2, 0.25) is 0 Å². The molecule has 1 heterocycles. The summed E-state index contributed by atoms with van der Waals surface area (Å²) in [6, 6.07) is 6.68. The van der Waals surface area contributed by atoms with Crippen LogP contribution in [0.5, 0.6) is 0 Å². The van der Waals surface area contributed by atoms with Gasteiger partial charge >= 0.3 is 0 Å². The highest BCUT2D eigenvalue weighted by Crippen LogP contribution is 2.39. The molecule has 0 spiro atoms. The van der Waals surface area contributed by atoms with E-state index in [4.69, 9.17) is 11.6 Å². The van der Waals surface area contributed by atoms with Gasteiger partial charge in [-0.3, -0.25) is 4.90 Å². The van der Waals surface area contributed by atoms with Crippen LogP contribution in [-0.4, -0.2) is 31.6 Å². The van der Waals surface area contributed by atoms with Crippen LogP contribution >= 0.6 is 27.5 Å². The SMILES string of the molecule is CCCNCC1CCN(C)C1c1ccc(Br)cc1Cl. The van der Waals surface area contributed by atoms with Crippen LogP contribution in [0.25, 0.3) is 0 Å². The quantitative estimate of drug-likeness (QED) is 0.808. The minimum Gasteiger partial charge on any atom is -0.316 e. The van der Waals surface area contributed by atoms with Crippen LogP contribution in [0.2, 0.25) is 5.02 Å². The van der Waals surface area contributed by atoms with E-state index in [1.165, 1.54) is 18.4 Å². The monoisotopic (exact) mass is 344 g/mol. The van der Waals surface area contributed by atoms with Crippen molar-refractivity contribution < 1.29 is 0 Å². The summed E-state index contributed by atoms with van der Waals surface area (Å²) in [5, 5.41) is 4.42. The van der Waals surface area contributed by atoms with Gasteiger partial charge in [0, 0.05) is 15.5 Å². The van der Waals surface area contributed by atoms with Crippen LogP contribution in [-0.2, 0) is 0 Å². The maximum Gasteiger partial charge on any atom is 0.0465 e. The predicted octanol–water partition coefficient (Wildman–Crippen LogP) is 4.09. The van der Waals surface area contributed by atoms with Gasteiger partial charge in [0.05, 0.1) is 0 Å². The molecule has 1 aliphatic heterocycles. The van der Waals surface area contributed by atoms with Gasteiger partial charge in [-0.15, -0.1) is 0 Å². The number of nitrogens with zero attached hydrogens (tertiary/aromatic N) is 1. The lowest BCUT2D eigenvalue weighted by atomic mass is 9.93. The van der Waals surface area contributed by atoms with Crippen molar-refractivity contribution >= 4 is 27.5 Å². The molecule has 19 heavy (non-hydrogen) atoms. The van der Waals surface area contributed by atoms with E-state index in [2.05, 4.69) is 52.3 Å². The molecule has 2 nitrogen and oxygen atoms in total. The van der Waals surface area contributed by atoms with Crippen molar-refractivity contribution in [1.82, 2.24) is 10.2 Å². The third kappa shape index (κ3) is 3.72. The van der Waals surface area contributed by atoms with Crippen molar-refractivity contribution in [3.05, 3.63) is 33.3 Å². The van der Waals surface area contributed by atoms with Crippen molar-refractivity contribution in [2.24, 2.45) is 5.92 Å². The largest absolute Gasteiger partial charge is 0.316 e. The Kier molecular flexibility index (Phi) is 5.70. The Labute approximate surface area is 129 Å². The Hall–Kier alpha value is -0.0900. The number of nitrogens with one attached hydrogen (secondary N) is 1. The molecule has 1 aliphatic rings. The van der Waals surface area contributed by atoms with Crippen LogP contribution in [0.15, 0.2) is 22.7 Å². The first-order valence-electron chi connectivity index (χ1n) is 6.99. The molecule has 1 N–H and O–H groups in total. The van der Waals surface area contributed by atoms with Gasteiger partial charge in [0.15, 0.2) is 0 Å². The zero-order valence-corrected chi connectivity index (χ0v) is 14.0. The molecule has 1 aromatic rings. The second-order valence-corrected chi connectivity index (χ2v) is 6.67. The molecule has 2 unspecified atom stereocenters. The Morgan fingerprint density at radius 3 is 2.95 bits per heavy atom. The van der Waals surface area contributed by atoms with E-state index in [9.17, 15) is 0 Å². The molecule has 1 aromatic carbocycles. The third-order valence-electron chi connectivity index (χ3n) is 3.89. The first kappa shape index (κ1) is 15.3. The zero-order chi connectivity index (χ0) is 13.8. The van der Waals surface area contributed by atoms with Crippen molar-refractivity contribution in [2.75, 3.05) is 26.7 Å². The molecular weight excluding hydrogens is 324 g/mol. The molecule has 2 rings (SSSR count). The average molecular weight is 346 g/mol. The van der Waals surface area contributed by atoms with Gasteiger partial charge in [-0.25, -0.2) is 0 Å². The van der Waals surface area contributed by atoms with E-state index in [0.29, 0.717) is 12.0 Å². The molecule has 0 bridgehead atoms. The molecule has 1 fully saturated rings. The van der Waals surface area contributed by atoms with Crippen molar-refractivity contribution in [3.63, 3.8) is 0 Å². The molecular formula is C15H22BrClN2. The summed E-state index contributed by atoms with van der Waals surface area (Å²) < 4.78 is 1.04. The van der Waals surface area contributed by atoms with Gasteiger partial charge in [0.1, 0.15) is 0 Å². The van der Waals surface area contributed by atoms with Crippen LogP contribution in [0.3, 0.4) is 0 Å². The Bertz CT molecular complexity index is 425. The van der Waals surface area contributed by atoms with Crippen molar-refractivity contribution in [3.8, 4) is 0 Å². The van der Waals surface area contributed by atoms with Gasteiger partial charge in [0.25, 0.3) is 0 Å². The molecule has 106 valence electrons. The lowest BCUT2D eigenvalue weighted by molar-refractivity contribution is 0.272. The summed E-state index contributed by atoms with van der Waals surface area (Å²) in [7, 11) is 2.20. The molecule has 0 aliphatic carbocycles. The molecule has 0 saturated carbocycles. The second kappa shape index (κ2) is 7.07. The Morgan fingerprint density at radius 2 is 2.26 bits per heavy atom. The predicted molar refractivity (Wildman–Crippen MR) is 85.8 cm³/mol. The molecule has 0 aromatic heterocycles. The number of hydrogen-bond donors (Lipinski definition) is 1. The third-order valence-corrected chi connectivity index (χ3v) is 4.71. The summed E-state index contributed by atoms with van der Waals surface area (Å²) in [5.41, 5.74) is 1.26. The Balaban J connectivity index is 2.14. The maximum atomic E-state index is 6.42. The smallest absolute Gasteiger partial charge is 0.0465 e. The number of rotatable bonds is 5. The molecule has 2 atom stereocenters. The van der Waals surface area contributed by atoms with Crippen molar-refractivity contribution in [2.45, 2.75) is 25.8 Å². The van der Waals surface area contributed by atoms with Crippen molar-refractivity contribution in [1.29, 1.82) is 0 Å². The van der Waals surface area contributed by atoms with E-state index < -0.39 is 0 Å². The number of likely N-dealkylation sites (tertiary alicyclic amines) is 1. The highest BCUT2D eigenvalue weighted by Gasteiger charge is 2.33. The topological polar surface area (TPSA) is 15.3 Å². The van der Waals surface area contributed by atoms with E-state index in [0.717, 1.165) is 29.1 Å². The lowest BCUT2D eigenvalue weighted by Crippen LogP contribution is -2.29. The Morgan fingerprint density at radius 1 is 1.47 bits per heavy atom. The summed E-state index contributed by atoms with van der Waals surface area (Å²) in [6.45, 7) is 5.53. The van der Waals surface area contributed by atoms with E-state index in [-0.39, 0.29) is 0 Å². The summed E-state index contributed by atoms with van der Waals surface area (Å²) in [4.78, 5) is 2.42. The lowest BCUT2D eigenvalue weighted by Gasteiger charge is -2.26. The van der Waals surface area contributed by atoms with Crippen LogP contribution < -0.4 is 5.32 Å². The number of benzene rings is 1. The molecule has 0 amide bonds. The summed E-state index contributed by atoms with van der Waals surface area (Å²) >= 11 is 9.90. The van der Waals surface area contributed by atoms with Gasteiger partial charge in [-0.1, -0.05) is 40.5 Å². The molecule has 0 radical (unpaired) electrons. The van der Waals surface area contributed by atoms with Gasteiger partial charge in [-0.05, 0) is 63.1 Å². The van der Waals surface area contributed by atoms with E-state index in [1.807, 2.05) is 6.07 Å². The summed E-state index contributed by atoms with van der Waals surface area (Å²) in [5.74, 6) is 0.648. The molecule has 4 heteroatoms. The molecule has 1 saturated heterocycles. The fourth-order valence-electron chi connectivity index (χ4n) is 2.94. The van der Waals surface area contributed by atoms with Gasteiger partial charge in [-0.2, -0.15) is 0 Å². The first-order chi connectivity index (χ1) is 9.13. The highest BCUT2D eigenvalue weighted by molar-refractivity contribution is 9.10. The summed E-state index contributed by atoms with van der Waals surface area (Å²) in [6.07, 6.45) is 2.43. The standard InChI is InChI=1S/C15H22BrClN2/c1-3-7-18-10-11-6-8-19(2)15(11)13-5-4-12(16)9-14(13)17/h4-5,9,11,15,18H,3,6-8,10H2,1-2H3. The van der Waals surface area contributed by atoms with Crippen LogP contribution in [0, 0.1) is 5.92 Å². The minimum absolute atomic E-state index is 0.435. The average Bonchev–Trinajstić information content (AvgIpc) is 2.72. The van der Waals surface area contributed by atoms with Gasteiger partial charge < -0.3 is 5.32 Å². The minimum atomic E-state index is 0.435. The highest BCUT2D eigenvalue weighted by atomic mass is 79.9. The normalized spacial score (nSPS) is 24.0. The number of halogens is 2. The maximum absolute atomic E-state index is 6.42. The van der Waals surface area contributed by atoms with E-state index >= 15 is 0 Å². The van der Waals surface area contributed by atoms with Crippen LogP contribution in [0.1, 0.15) is 31.4 Å². The zero-order valence-electron chi connectivity index (χ0n) is 11.6.